The lowest BCUT2D eigenvalue weighted by atomic mass is 9.94. The van der Waals surface area contributed by atoms with Gasteiger partial charge in [0.2, 0.25) is 0 Å². The van der Waals surface area contributed by atoms with Gasteiger partial charge in [-0.3, -0.25) is 9.59 Å². The van der Waals surface area contributed by atoms with E-state index in [-0.39, 0.29) is 28.5 Å². The zero-order valence-electron chi connectivity index (χ0n) is 18.0. The normalized spacial score (nSPS) is 17.5. The van der Waals surface area contributed by atoms with Crippen LogP contribution in [0.4, 0.5) is 4.39 Å². The zero-order valence-corrected chi connectivity index (χ0v) is 18.8. The van der Waals surface area contributed by atoms with Gasteiger partial charge in [0.25, 0.3) is 11.7 Å². The van der Waals surface area contributed by atoms with E-state index >= 15 is 0 Å². The van der Waals surface area contributed by atoms with Gasteiger partial charge in [-0.2, -0.15) is 0 Å². The highest BCUT2D eigenvalue weighted by atomic mass is 35.5. The molecule has 1 aliphatic rings. The minimum atomic E-state index is -0.850. The molecule has 5 nitrogen and oxygen atoms in total. The molecule has 0 radical (unpaired) electrons. The molecule has 1 heterocycles. The number of rotatable bonds is 5. The second kappa shape index (κ2) is 9.08. The Morgan fingerprint density at radius 1 is 1.09 bits per heavy atom. The van der Waals surface area contributed by atoms with Crippen molar-refractivity contribution in [3.63, 3.8) is 0 Å². The third kappa shape index (κ3) is 4.34. The molecular formula is C26H21ClFNO4. The molecule has 0 aromatic heterocycles. The number of hydrogen-bond acceptors (Lipinski definition) is 4. The summed E-state index contributed by atoms with van der Waals surface area (Å²) >= 11 is 6.32. The molecule has 33 heavy (non-hydrogen) atoms. The molecule has 0 aliphatic carbocycles. The van der Waals surface area contributed by atoms with Crippen molar-refractivity contribution >= 4 is 29.1 Å². The third-order valence-electron chi connectivity index (χ3n) is 5.59. The predicted octanol–water partition coefficient (Wildman–Crippen LogP) is 5.42. The number of aliphatic hydroxyl groups excluding tert-OH is 1. The van der Waals surface area contributed by atoms with Crippen molar-refractivity contribution in [1.82, 2.24) is 4.90 Å². The smallest absolute Gasteiger partial charge is 0.295 e. The maximum absolute atomic E-state index is 13.4. The molecule has 0 spiro atoms. The second-order valence-corrected chi connectivity index (χ2v) is 8.22. The van der Waals surface area contributed by atoms with Crippen LogP contribution in [0.25, 0.3) is 5.76 Å². The highest BCUT2D eigenvalue weighted by Gasteiger charge is 2.46. The summed E-state index contributed by atoms with van der Waals surface area (Å²) in [7, 11) is 1.47. The van der Waals surface area contributed by atoms with Crippen molar-refractivity contribution in [1.29, 1.82) is 0 Å². The zero-order chi connectivity index (χ0) is 23.7. The molecule has 0 saturated carbocycles. The lowest BCUT2D eigenvalue weighted by Crippen LogP contribution is -2.29. The Kier molecular flexibility index (Phi) is 6.20. The maximum Gasteiger partial charge on any atom is 0.295 e. The number of nitrogens with zero attached hydrogens (tertiary/aromatic N) is 1. The van der Waals surface area contributed by atoms with Crippen LogP contribution in [0.3, 0.4) is 0 Å². The van der Waals surface area contributed by atoms with Crippen LogP contribution in [0.1, 0.15) is 28.3 Å². The molecule has 168 valence electrons. The number of hydrogen-bond donors (Lipinski definition) is 1. The van der Waals surface area contributed by atoms with Gasteiger partial charge >= 0.3 is 0 Å². The van der Waals surface area contributed by atoms with E-state index in [1.165, 1.54) is 30.2 Å². The van der Waals surface area contributed by atoms with Crippen LogP contribution in [0.5, 0.6) is 5.75 Å². The Balaban J connectivity index is 1.89. The van der Waals surface area contributed by atoms with Crippen LogP contribution in [0.15, 0.2) is 72.3 Å². The summed E-state index contributed by atoms with van der Waals surface area (Å²) in [6.45, 7) is 1.96. The average Bonchev–Trinajstić information content (AvgIpc) is 3.05. The van der Waals surface area contributed by atoms with Crippen LogP contribution < -0.4 is 4.74 Å². The first-order valence-electron chi connectivity index (χ1n) is 10.2. The van der Waals surface area contributed by atoms with Gasteiger partial charge in [0.1, 0.15) is 17.3 Å². The van der Waals surface area contributed by atoms with Crippen molar-refractivity contribution in [2.24, 2.45) is 0 Å². The van der Waals surface area contributed by atoms with E-state index in [1.807, 2.05) is 25.1 Å². The van der Waals surface area contributed by atoms with E-state index in [1.54, 1.807) is 30.3 Å². The van der Waals surface area contributed by atoms with Gasteiger partial charge in [0.15, 0.2) is 0 Å². The number of methoxy groups -OCH3 is 1. The number of amides is 1. The summed E-state index contributed by atoms with van der Waals surface area (Å²) < 4.78 is 18.6. The Morgan fingerprint density at radius 3 is 2.48 bits per heavy atom. The first-order chi connectivity index (χ1) is 15.8. The molecule has 1 unspecified atom stereocenters. The standard InChI is InChI=1S/C26H21ClFNO4/c1-15-4-3-5-17(12-15)23-22(24(30)20-13-19(33-2)10-11-21(20)27)25(31)26(32)29(23)14-16-6-8-18(28)9-7-16/h3-13,23,30H,14H2,1-2H3/b24-22+. The average molecular weight is 466 g/mol. The largest absolute Gasteiger partial charge is 0.507 e. The number of halogens is 2. The summed E-state index contributed by atoms with van der Waals surface area (Å²) in [4.78, 5) is 27.6. The van der Waals surface area contributed by atoms with E-state index in [0.29, 0.717) is 16.9 Å². The van der Waals surface area contributed by atoms with Crippen LogP contribution in [-0.4, -0.2) is 28.8 Å². The van der Waals surface area contributed by atoms with E-state index in [0.717, 1.165) is 5.56 Å². The van der Waals surface area contributed by atoms with Gasteiger partial charge in [-0.15, -0.1) is 0 Å². The van der Waals surface area contributed by atoms with Gasteiger partial charge in [0.05, 0.1) is 23.7 Å². The van der Waals surface area contributed by atoms with Crippen molar-refractivity contribution in [3.8, 4) is 5.75 Å². The van der Waals surface area contributed by atoms with E-state index in [2.05, 4.69) is 0 Å². The number of likely N-dealkylation sites (tertiary alicyclic amines) is 1. The SMILES string of the molecule is COc1ccc(Cl)c(/C(O)=C2\C(=O)C(=O)N(Cc3ccc(F)cc3)C2c2cccc(C)c2)c1. The topological polar surface area (TPSA) is 66.8 Å². The minimum absolute atomic E-state index is 0.0616. The van der Waals surface area contributed by atoms with Crippen LogP contribution in [0, 0.1) is 12.7 Å². The summed E-state index contributed by atoms with van der Waals surface area (Å²) in [5.74, 6) is -1.92. The number of carbonyl (C=O) groups is 2. The van der Waals surface area contributed by atoms with E-state index in [9.17, 15) is 19.1 Å². The molecule has 1 aliphatic heterocycles. The number of benzene rings is 3. The fourth-order valence-electron chi connectivity index (χ4n) is 3.97. The van der Waals surface area contributed by atoms with Gasteiger partial charge in [-0.05, 0) is 48.4 Å². The molecule has 1 amide bonds. The number of carbonyl (C=O) groups excluding carboxylic acids is 2. The van der Waals surface area contributed by atoms with Gasteiger partial charge in [0, 0.05) is 12.1 Å². The summed E-state index contributed by atoms with van der Waals surface area (Å²) in [5, 5.41) is 11.4. The summed E-state index contributed by atoms with van der Waals surface area (Å²) in [6, 6.07) is 16.9. The first-order valence-corrected chi connectivity index (χ1v) is 10.6. The lowest BCUT2D eigenvalue weighted by Gasteiger charge is -2.26. The molecule has 1 fully saturated rings. The molecule has 1 atom stereocenters. The highest BCUT2D eigenvalue weighted by molar-refractivity contribution is 6.47. The number of Topliss-reactive ketones (excluding diaryl/α,β-unsaturated/α-hetero) is 1. The third-order valence-corrected chi connectivity index (χ3v) is 5.92. The molecule has 7 heteroatoms. The van der Waals surface area contributed by atoms with Crippen LogP contribution in [-0.2, 0) is 16.1 Å². The molecular weight excluding hydrogens is 445 g/mol. The lowest BCUT2D eigenvalue weighted by molar-refractivity contribution is -0.140. The van der Waals surface area contributed by atoms with Crippen LogP contribution >= 0.6 is 11.6 Å². The second-order valence-electron chi connectivity index (χ2n) is 7.81. The summed E-state index contributed by atoms with van der Waals surface area (Å²) in [6.07, 6.45) is 0. The van der Waals surface area contributed by atoms with Crippen molar-refractivity contribution in [2.45, 2.75) is 19.5 Å². The Morgan fingerprint density at radius 2 is 1.82 bits per heavy atom. The molecule has 0 bridgehead atoms. The van der Waals surface area contributed by atoms with E-state index < -0.39 is 23.5 Å². The van der Waals surface area contributed by atoms with Gasteiger partial charge in [-0.25, -0.2) is 4.39 Å². The molecule has 4 rings (SSSR count). The fourth-order valence-corrected chi connectivity index (χ4v) is 4.18. The Labute approximate surface area is 195 Å². The molecule has 3 aromatic rings. The number of aryl methyl sites for hydroxylation is 1. The Hall–Kier alpha value is -3.64. The Bertz CT molecular complexity index is 1270. The number of aliphatic hydroxyl groups is 1. The van der Waals surface area contributed by atoms with Gasteiger partial charge in [-0.1, -0.05) is 53.6 Å². The monoisotopic (exact) mass is 465 g/mol. The quantitative estimate of drug-likeness (QED) is 0.310. The number of ketones is 1. The maximum atomic E-state index is 13.4. The van der Waals surface area contributed by atoms with Crippen molar-refractivity contribution < 1.29 is 23.8 Å². The molecule has 1 saturated heterocycles. The van der Waals surface area contributed by atoms with Crippen molar-refractivity contribution in [3.05, 3.63) is 105 Å². The predicted molar refractivity (Wildman–Crippen MR) is 123 cm³/mol. The summed E-state index contributed by atoms with van der Waals surface area (Å²) in [5.41, 5.74) is 2.36. The number of ether oxygens (including phenoxy) is 1. The van der Waals surface area contributed by atoms with E-state index in [4.69, 9.17) is 16.3 Å². The minimum Gasteiger partial charge on any atom is -0.507 e. The molecule has 3 aromatic carbocycles. The van der Waals surface area contributed by atoms with Crippen LogP contribution in [0.2, 0.25) is 5.02 Å². The molecule has 1 N–H and O–H groups in total. The fraction of sp³-hybridized carbons (Fsp3) is 0.154. The van der Waals surface area contributed by atoms with Crippen molar-refractivity contribution in [2.75, 3.05) is 7.11 Å². The first kappa shape index (κ1) is 22.6. The van der Waals surface area contributed by atoms with Gasteiger partial charge < -0.3 is 14.7 Å². The highest BCUT2D eigenvalue weighted by Crippen LogP contribution is 2.42.